The maximum absolute atomic E-state index is 9.23. The molecule has 1 aromatic heterocycles. The maximum atomic E-state index is 9.23. The van der Waals surface area contributed by atoms with Crippen molar-refractivity contribution in [1.82, 2.24) is 0 Å². The van der Waals surface area contributed by atoms with Gasteiger partial charge >= 0.3 is 0 Å². The molecule has 1 aromatic carbocycles. The highest BCUT2D eigenvalue weighted by molar-refractivity contribution is 7.17. The molecular formula is C11H11ClOS. The van der Waals surface area contributed by atoms with Gasteiger partial charge in [0, 0.05) is 10.6 Å². The largest absolute Gasteiger partial charge is 0.392 e. The number of thiophene rings is 1. The van der Waals surface area contributed by atoms with E-state index < -0.39 is 0 Å². The Labute approximate surface area is 91.9 Å². The van der Waals surface area contributed by atoms with Crippen molar-refractivity contribution in [3.8, 4) is 0 Å². The fourth-order valence-corrected chi connectivity index (χ4v) is 2.79. The molecule has 0 saturated carbocycles. The molecule has 0 unspecified atom stereocenters. The van der Waals surface area contributed by atoms with Gasteiger partial charge in [0.25, 0.3) is 0 Å². The van der Waals surface area contributed by atoms with Gasteiger partial charge in [0.15, 0.2) is 0 Å². The second-order valence-corrected chi connectivity index (χ2v) is 4.49. The molecule has 2 aromatic rings. The van der Waals surface area contributed by atoms with Crippen molar-refractivity contribution < 1.29 is 5.11 Å². The number of hydrogen-bond donors (Lipinski definition) is 1. The lowest BCUT2D eigenvalue weighted by atomic mass is 10.1. The zero-order valence-electron chi connectivity index (χ0n) is 7.88. The van der Waals surface area contributed by atoms with Crippen molar-refractivity contribution in [2.75, 3.05) is 0 Å². The summed E-state index contributed by atoms with van der Waals surface area (Å²) in [5.41, 5.74) is 3.31. The average Bonchev–Trinajstić information content (AvgIpc) is 2.59. The number of benzene rings is 1. The Balaban J connectivity index is 2.76. The Morgan fingerprint density at radius 1 is 1.43 bits per heavy atom. The fraction of sp³-hybridized carbons (Fsp3) is 0.273. The highest BCUT2D eigenvalue weighted by Crippen LogP contribution is 2.30. The molecule has 0 aliphatic carbocycles. The first-order valence-electron chi connectivity index (χ1n) is 4.42. The van der Waals surface area contributed by atoms with Gasteiger partial charge in [0.2, 0.25) is 0 Å². The molecule has 0 fully saturated rings. The number of fused-ring (bicyclic) bond motifs is 1. The van der Waals surface area contributed by atoms with Crippen LogP contribution in [0.3, 0.4) is 0 Å². The first kappa shape index (κ1) is 9.97. The van der Waals surface area contributed by atoms with E-state index in [9.17, 15) is 5.11 Å². The van der Waals surface area contributed by atoms with E-state index in [0.717, 1.165) is 11.1 Å². The lowest BCUT2D eigenvalue weighted by Gasteiger charge is -2.03. The third-order valence-electron chi connectivity index (χ3n) is 2.33. The molecule has 0 radical (unpaired) electrons. The van der Waals surface area contributed by atoms with E-state index in [1.165, 1.54) is 15.6 Å². The molecule has 1 nitrogen and oxygen atoms in total. The van der Waals surface area contributed by atoms with Gasteiger partial charge in [-0.25, -0.2) is 0 Å². The first-order chi connectivity index (χ1) is 6.76. The fourth-order valence-electron chi connectivity index (χ4n) is 1.59. The van der Waals surface area contributed by atoms with E-state index in [0.29, 0.717) is 5.88 Å². The van der Waals surface area contributed by atoms with Crippen molar-refractivity contribution in [3.05, 3.63) is 34.2 Å². The van der Waals surface area contributed by atoms with Crippen LogP contribution >= 0.6 is 22.9 Å². The van der Waals surface area contributed by atoms with Crippen LogP contribution in [0.4, 0.5) is 0 Å². The molecule has 3 heteroatoms. The molecule has 1 N–H and O–H groups in total. The van der Waals surface area contributed by atoms with E-state index in [2.05, 4.69) is 18.4 Å². The second kappa shape index (κ2) is 3.89. The van der Waals surface area contributed by atoms with E-state index in [1.807, 2.05) is 6.07 Å². The highest BCUT2D eigenvalue weighted by Gasteiger charge is 2.06. The molecule has 2 rings (SSSR count). The Kier molecular flexibility index (Phi) is 2.77. The molecule has 0 amide bonds. The van der Waals surface area contributed by atoms with Gasteiger partial charge in [-0.1, -0.05) is 6.07 Å². The number of aliphatic hydroxyl groups is 1. The Bertz CT molecular complexity index is 462. The van der Waals surface area contributed by atoms with Gasteiger partial charge in [-0.3, -0.25) is 0 Å². The predicted molar refractivity (Wildman–Crippen MR) is 62.0 cm³/mol. The van der Waals surface area contributed by atoms with Crippen LogP contribution in [0.2, 0.25) is 0 Å². The lowest BCUT2D eigenvalue weighted by molar-refractivity contribution is 0.283. The monoisotopic (exact) mass is 226 g/mol. The molecule has 74 valence electrons. The maximum Gasteiger partial charge on any atom is 0.0695 e. The summed E-state index contributed by atoms with van der Waals surface area (Å²) in [6.45, 7) is 2.17. The normalized spacial score (nSPS) is 11.1. The molecule has 0 atom stereocenters. The SMILES string of the molecule is Cc1csc2c(CO)cc(CCl)cc12. The van der Waals surface area contributed by atoms with Crippen LogP contribution in [0.5, 0.6) is 0 Å². The minimum atomic E-state index is 0.0845. The zero-order valence-corrected chi connectivity index (χ0v) is 9.45. The smallest absolute Gasteiger partial charge is 0.0695 e. The summed E-state index contributed by atoms with van der Waals surface area (Å²) >= 11 is 7.48. The lowest BCUT2D eigenvalue weighted by Crippen LogP contribution is -1.87. The Morgan fingerprint density at radius 3 is 2.86 bits per heavy atom. The number of aryl methyl sites for hydroxylation is 1. The van der Waals surface area contributed by atoms with Crippen LogP contribution in [-0.2, 0) is 12.5 Å². The second-order valence-electron chi connectivity index (χ2n) is 3.34. The summed E-state index contributed by atoms with van der Waals surface area (Å²) < 4.78 is 1.18. The third-order valence-corrected chi connectivity index (χ3v) is 3.83. The minimum Gasteiger partial charge on any atom is -0.392 e. The summed E-state index contributed by atoms with van der Waals surface area (Å²) in [5.74, 6) is 0.498. The topological polar surface area (TPSA) is 20.2 Å². The minimum absolute atomic E-state index is 0.0845. The summed E-state index contributed by atoms with van der Waals surface area (Å²) in [4.78, 5) is 0. The number of aliphatic hydroxyl groups excluding tert-OH is 1. The molecule has 0 saturated heterocycles. The van der Waals surface area contributed by atoms with Gasteiger partial charge in [0.1, 0.15) is 0 Å². The molecule has 14 heavy (non-hydrogen) atoms. The standard InChI is InChI=1S/C11H11ClOS/c1-7-6-14-11-9(5-13)2-8(4-12)3-10(7)11/h2-3,6,13H,4-5H2,1H3. The highest BCUT2D eigenvalue weighted by atomic mass is 35.5. The van der Waals surface area contributed by atoms with Gasteiger partial charge in [-0.15, -0.1) is 22.9 Å². The average molecular weight is 227 g/mol. The van der Waals surface area contributed by atoms with Crippen molar-refractivity contribution in [1.29, 1.82) is 0 Å². The molecule has 1 heterocycles. The zero-order chi connectivity index (χ0) is 10.1. The Hall–Kier alpha value is -0.570. The van der Waals surface area contributed by atoms with Gasteiger partial charge in [-0.05, 0) is 40.4 Å². The van der Waals surface area contributed by atoms with Crippen LogP contribution in [0.1, 0.15) is 16.7 Å². The van der Waals surface area contributed by atoms with Crippen LogP contribution in [0.15, 0.2) is 17.5 Å². The molecule has 0 spiro atoms. The number of halogens is 1. The summed E-state index contributed by atoms with van der Waals surface area (Å²) in [7, 11) is 0. The first-order valence-corrected chi connectivity index (χ1v) is 5.84. The van der Waals surface area contributed by atoms with Crippen molar-refractivity contribution in [3.63, 3.8) is 0 Å². The number of rotatable bonds is 2. The van der Waals surface area contributed by atoms with Gasteiger partial charge in [-0.2, -0.15) is 0 Å². The summed E-state index contributed by atoms with van der Waals surface area (Å²) in [6.07, 6.45) is 0. The van der Waals surface area contributed by atoms with Crippen LogP contribution in [0.25, 0.3) is 10.1 Å². The molecule has 0 aliphatic heterocycles. The van der Waals surface area contributed by atoms with Crippen molar-refractivity contribution >= 4 is 33.0 Å². The molecule has 0 bridgehead atoms. The molecular weight excluding hydrogens is 216 g/mol. The van der Waals surface area contributed by atoms with E-state index in [-0.39, 0.29) is 6.61 Å². The predicted octanol–water partition coefficient (Wildman–Crippen LogP) is 3.44. The van der Waals surface area contributed by atoms with E-state index in [1.54, 1.807) is 11.3 Å². The van der Waals surface area contributed by atoms with Crippen LogP contribution < -0.4 is 0 Å². The summed E-state index contributed by atoms with van der Waals surface area (Å²) in [5, 5.41) is 12.6. The van der Waals surface area contributed by atoms with E-state index >= 15 is 0 Å². The van der Waals surface area contributed by atoms with Crippen molar-refractivity contribution in [2.24, 2.45) is 0 Å². The van der Waals surface area contributed by atoms with E-state index in [4.69, 9.17) is 11.6 Å². The third kappa shape index (κ3) is 1.54. The van der Waals surface area contributed by atoms with Gasteiger partial charge < -0.3 is 5.11 Å². The van der Waals surface area contributed by atoms with Gasteiger partial charge in [0.05, 0.1) is 6.61 Å². The molecule has 0 aliphatic rings. The summed E-state index contributed by atoms with van der Waals surface area (Å²) in [6, 6.07) is 4.08. The number of hydrogen-bond acceptors (Lipinski definition) is 2. The number of alkyl halides is 1. The quantitative estimate of drug-likeness (QED) is 0.778. The van der Waals surface area contributed by atoms with Crippen LogP contribution in [-0.4, -0.2) is 5.11 Å². The van der Waals surface area contributed by atoms with Crippen molar-refractivity contribution in [2.45, 2.75) is 19.4 Å². The van der Waals surface area contributed by atoms with Crippen LogP contribution in [0, 0.1) is 6.92 Å². The Morgan fingerprint density at radius 2 is 2.21 bits per heavy atom.